The molecule has 2 saturated heterocycles. The molecule has 3 aliphatic rings. The second-order valence-corrected chi connectivity index (χ2v) is 10.3. The highest BCUT2D eigenvalue weighted by Crippen LogP contribution is 2.56. The van der Waals surface area contributed by atoms with E-state index in [1.165, 1.54) is 5.56 Å². The van der Waals surface area contributed by atoms with E-state index in [1.54, 1.807) is 6.92 Å². The Morgan fingerprint density at radius 1 is 1.00 bits per heavy atom. The predicted octanol–water partition coefficient (Wildman–Crippen LogP) is 5.05. The molecule has 3 fully saturated rings. The van der Waals surface area contributed by atoms with E-state index in [0.717, 1.165) is 43.1 Å². The molecule has 3 heterocycles. The van der Waals surface area contributed by atoms with Crippen molar-refractivity contribution in [1.29, 1.82) is 0 Å². The number of hydrogen-bond acceptors (Lipinski definition) is 3. The number of carbonyl (C=O) groups excluding carboxylic acids is 2. The number of nitrogens with zero attached hydrogens (tertiary/aromatic N) is 2. The van der Waals surface area contributed by atoms with Gasteiger partial charge in [-0.25, -0.2) is 0 Å². The molecule has 1 aromatic heterocycles. The van der Waals surface area contributed by atoms with Crippen molar-refractivity contribution in [2.75, 3.05) is 0 Å². The standard InChI is InChI=1S/C28H30N2O3/c1-18(31)29-22-17-28(2)25(29)13-8-14-26(28)30(21(22)15-19-9-4-3-5-10-19)27(32)24-16-20-11-6-7-12-23(20)33-24/h3-7,9-12,16,21-22,25-26H,8,13-15,17H2,1-2H3/t21-,22+,25+,26-,28+/m1/s1. The van der Waals surface area contributed by atoms with Crippen molar-refractivity contribution in [1.82, 2.24) is 9.80 Å². The largest absolute Gasteiger partial charge is 0.451 e. The second-order valence-electron chi connectivity index (χ2n) is 10.3. The number of furan rings is 1. The van der Waals surface area contributed by atoms with Crippen molar-refractivity contribution in [3.05, 3.63) is 72.0 Å². The van der Waals surface area contributed by atoms with Crippen LogP contribution < -0.4 is 0 Å². The summed E-state index contributed by atoms with van der Waals surface area (Å²) in [5.74, 6) is 0.486. The molecular formula is C28H30N2O3. The number of hydrogen-bond donors (Lipinski definition) is 0. The smallest absolute Gasteiger partial charge is 0.290 e. The summed E-state index contributed by atoms with van der Waals surface area (Å²) in [7, 11) is 0. The molecule has 5 atom stereocenters. The van der Waals surface area contributed by atoms with E-state index in [4.69, 9.17) is 4.42 Å². The lowest BCUT2D eigenvalue weighted by atomic mass is 9.64. The molecule has 1 saturated carbocycles. The van der Waals surface area contributed by atoms with Crippen molar-refractivity contribution >= 4 is 22.8 Å². The first-order chi connectivity index (χ1) is 16.0. The minimum Gasteiger partial charge on any atom is -0.451 e. The lowest BCUT2D eigenvalue weighted by Crippen LogP contribution is -2.62. The van der Waals surface area contributed by atoms with E-state index >= 15 is 0 Å². The highest BCUT2D eigenvalue weighted by molar-refractivity contribution is 5.96. The Bertz CT molecular complexity index is 1190. The van der Waals surface area contributed by atoms with E-state index in [2.05, 4.69) is 28.9 Å². The Kier molecular flexibility index (Phi) is 4.65. The van der Waals surface area contributed by atoms with Crippen LogP contribution >= 0.6 is 0 Å². The van der Waals surface area contributed by atoms with Crippen LogP contribution in [0.25, 0.3) is 11.0 Å². The second kappa shape index (κ2) is 7.47. The maximum absolute atomic E-state index is 14.1. The predicted molar refractivity (Wildman–Crippen MR) is 127 cm³/mol. The van der Waals surface area contributed by atoms with Crippen LogP contribution in [0.3, 0.4) is 0 Å². The van der Waals surface area contributed by atoms with E-state index in [0.29, 0.717) is 5.76 Å². The number of rotatable bonds is 3. The zero-order chi connectivity index (χ0) is 22.7. The van der Waals surface area contributed by atoms with Crippen molar-refractivity contribution in [3.63, 3.8) is 0 Å². The molecule has 2 aromatic carbocycles. The Labute approximate surface area is 194 Å². The van der Waals surface area contributed by atoms with Crippen molar-refractivity contribution in [2.45, 2.75) is 70.1 Å². The maximum atomic E-state index is 14.1. The Morgan fingerprint density at radius 3 is 2.42 bits per heavy atom. The number of carbonyl (C=O) groups is 2. The molecule has 5 nitrogen and oxygen atoms in total. The summed E-state index contributed by atoms with van der Waals surface area (Å²) in [6.45, 7) is 3.99. The monoisotopic (exact) mass is 442 g/mol. The third-order valence-corrected chi connectivity index (χ3v) is 8.48. The van der Waals surface area contributed by atoms with Gasteiger partial charge in [0.15, 0.2) is 5.76 Å². The molecule has 1 aliphatic carbocycles. The fourth-order valence-electron chi connectivity index (χ4n) is 7.14. The van der Waals surface area contributed by atoms with Crippen LogP contribution in [0.4, 0.5) is 0 Å². The summed E-state index contributed by atoms with van der Waals surface area (Å²) in [5, 5.41) is 0.943. The summed E-state index contributed by atoms with van der Waals surface area (Å²) in [5.41, 5.74) is 1.85. The SMILES string of the molecule is CC(=O)N1[C@H]2CCC[C@H]3N(C(=O)c4cc5ccccc5o4)[C@H](Cc4ccccc4)[C@@H]1C[C@@]23C. The molecule has 0 spiro atoms. The van der Waals surface area contributed by atoms with Crippen LogP contribution in [-0.2, 0) is 11.2 Å². The van der Waals surface area contributed by atoms with Gasteiger partial charge in [0.1, 0.15) is 5.58 Å². The normalized spacial score (nSPS) is 30.6. The minimum atomic E-state index is -0.0799. The fraction of sp³-hybridized carbons (Fsp3) is 0.429. The van der Waals surface area contributed by atoms with Gasteiger partial charge in [0.25, 0.3) is 5.91 Å². The fourth-order valence-corrected chi connectivity index (χ4v) is 7.14. The van der Waals surface area contributed by atoms with Gasteiger partial charge in [-0.15, -0.1) is 0 Å². The van der Waals surface area contributed by atoms with Gasteiger partial charge < -0.3 is 14.2 Å². The Hall–Kier alpha value is -3.08. The van der Waals surface area contributed by atoms with Crippen LogP contribution in [0.2, 0.25) is 0 Å². The number of para-hydroxylation sites is 1. The summed E-state index contributed by atoms with van der Waals surface area (Å²) >= 11 is 0. The summed E-state index contributed by atoms with van der Waals surface area (Å²) < 4.78 is 6.05. The first-order valence-corrected chi connectivity index (χ1v) is 12.1. The average Bonchev–Trinajstić information content (AvgIpc) is 3.37. The number of piperidine rings is 1. The number of likely N-dealkylation sites (tertiary alicyclic amines) is 2. The van der Waals surface area contributed by atoms with Crippen LogP contribution in [0.5, 0.6) is 0 Å². The molecule has 0 N–H and O–H groups in total. The Morgan fingerprint density at radius 2 is 1.70 bits per heavy atom. The molecule has 2 amide bonds. The van der Waals surface area contributed by atoms with Gasteiger partial charge in [-0.05, 0) is 49.8 Å². The third kappa shape index (κ3) is 3.05. The Balaban J connectivity index is 1.47. The van der Waals surface area contributed by atoms with Crippen molar-refractivity contribution in [2.24, 2.45) is 5.41 Å². The molecule has 5 heteroatoms. The maximum Gasteiger partial charge on any atom is 0.290 e. The topological polar surface area (TPSA) is 53.8 Å². The summed E-state index contributed by atoms with van der Waals surface area (Å²) in [4.78, 5) is 31.3. The lowest BCUT2D eigenvalue weighted by Gasteiger charge is -2.52. The minimum absolute atomic E-state index is 0.0281. The van der Waals surface area contributed by atoms with Gasteiger partial charge in [-0.1, -0.05) is 55.5 Å². The van der Waals surface area contributed by atoms with Crippen LogP contribution in [0.1, 0.15) is 55.6 Å². The van der Waals surface area contributed by atoms with Gasteiger partial charge in [0.05, 0.1) is 12.1 Å². The number of fused-ring (bicyclic) bond motifs is 2. The van der Waals surface area contributed by atoms with Gasteiger partial charge in [-0.2, -0.15) is 0 Å². The molecule has 6 rings (SSSR count). The van der Waals surface area contributed by atoms with Crippen molar-refractivity contribution in [3.8, 4) is 0 Å². The molecule has 170 valence electrons. The zero-order valence-corrected chi connectivity index (χ0v) is 19.2. The van der Waals surface area contributed by atoms with Crippen molar-refractivity contribution < 1.29 is 14.0 Å². The van der Waals surface area contributed by atoms with E-state index in [1.807, 2.05) is 48.5 Å². The summed E-state index contributed by atoms with van der Waals surface area (Å²) in [6, 6.07) is 20.3. The summed E-state index contributed by atoms with van der Waals surface area (Å²) in [6.07, 6.45) is 4.73. The molecule has 0 unspecified atom stereocenters. The van der Waals surface area contributed by atoms with Crippen LogP contribution in [0.15, 0.2) is 65.1 Å². The van der Waals surface area contributed by atoms with E-state index in [-0.39, 0.29) is 41.4 Å². The first-order valence-electron chi connectivity index (χ1n) is 12.1. The third-order valence-electron chi connectivity index (χ3n) is 8.48. The molecule has 0 radical (unpaired) electrons. The van der Waals surface area contributed by atoms with Gasteiger partial charge in [0, 0.05) is 29.8 Å². The van der Waals surface area contributed by atoms with Gasteiger partial charge in [-0.3, -0.25) is 9.59 Å². The quantitative estimate of drug-likeness (QED) is 0.571. The lowest BCUT2D eigenvalue weighted by molar-refractivity contribution is -0.133. The van der Waals surface area contributed by atoms with Gasteiger partial charge >= 0.3 is 0 Å². The average molecular weight is 443 g/mol. The molecular weight excluding hydrogens is 412 g/mol. The number of amides is 2. The van der Waals surface area contributed by atoms with Crippen LogP contribution in [-0.4, -0.2) is 45.8 Å². The zero-order valence-electron chi connectivity index (χ0n) is 19.2. The molecule has 3 aromatic rings. The molecule has 2 bridgehead atoms. The highest BCUT2D eigenvalue weighted by atomic mass is 16.3. The molecule has 2 aliphatic heterocycles. The van der Waals surface area contributed by atoms with E-state index < -0.39 is 0 Å². The van der Waals surface area contributed by atoms with Crippen LogP contribution in [0, 0.1) is 5.41 Å². The number of benzene rings is 2. The highest BCUT2D eigenvalue weighted by Gasteiger charge is 2.64. The molecule has 33 heavy (non-hydrogen) atoms. The first kappa shape index (κ1) is 20.5. The van der Waals surface area contributed by atoms with Gasteiger partial charge in [0.2, 0.25) is 5.91 Å². The van der Waals surface area contributed by atoms with E-state index in [9.17, 15) is 9.59 Å².